The van der Waals surface area contributed by atoms with Crippen molar-refractivity contribution in [1.82, 2.24) is 25.1 Å². The quantitative estimate of drug-likeness (QED) is 0.489. The number of hydrogen-bond acceptors (Lipinski definition) is 4. The van der Waals surface area contributed by atoms with Gasteiger partial charge in [-0.1, -0.05) is 32.0 Å². The van der Waals surface area contributed by atoms with Gasteiger partial charge in [0.15, 0.2) is 5.96 Å². The van der Waals surface area contributed by atoms with Crippen molar-refractivity contribution in [1.29, 1.82) is 0 Å². The average Bonchev–Trinajstić information content (AvgIpc) is 3.43. The summed E-state index contributed by atoms with van der Waals surface area (Å²) in [5, 5.41) is 6.94. The summed E-state index contributed by atoms with van der Waals surface area (Å²) in [5.41, 5.74) is 1.22. The number of likely N-dealkylation sites (tertiary alicyclic amines) is 1. The number of guanidine groups is 1. The molecule has 1 aliphatic heterocycles. The second-order valence-electron chi connectivity index (χ2n) is 8.20. The molecule has 2 heterocycles. The Morgan fingerprint density at radius 3 is 2.67 bits per heavy atom. The zero-order chi connectivity index (χ0) is 21.3. The Hall–Kier alpha value is -2.54. The lowest BCUT2D eigenvalue weighted by Gasteiger charge is -2.30. The minimum absolute atomic E-state index is 0.241. The average molecular weight is 413 g/mol. The maximum atomic E-state index is 5.65. The lowest BCUT2D eigenvalue weighted by molar-refractivity contribution is 0.239. The van der Waals surface area contributed by atoms with Gasteiger partial charge in [0.2, 0.25) is 0 Å². The maximum Gasteiger partial charge on any atom is 0.191 e. The Morgan fingerprint density at radius 1 is 1.20 bits per heavy atom. The summed E-state index contributed by atoms with van der Waals surface area (Å²) in [5.74, 6) is 3.33. The van der Waals surface area contributed by atoms with Gasteiger partial charge in [-0.3, -0.25) is 9.89 Å². The van der Waals surface area contributed by atoms with E-state index in [2.05, 4.69) is 56.1 Å². The van der Waals surface area contributed by atoms with E-state index in [1.165, 1.54) is 18.4 Å². The van der Waals surface area contributed by atoms with Crippen LogP contribution in [0.15, 0.2) is 41.7 Å². The van der Waals surface area contributed by atoms with Gasteiger partial charge >= 0.3 is 0 Å². The summed E-state index contributed by atoms with van der Waals surface area (Å²) in [6.07, 6.45) is 6.40. The molecule has 0 spiro atoms. The second kappa shape index (κ2) is 11.0. The molecule has 0 radical (unpaired) electrons. The van der Waals surface area contributed by atoms with E-state index >= 15 is 0 Å². The monoisotopic (exact) mass is 412 g/mol. The number of methoxy groups -OCH3 is 1. The number of nitrogens with zero attached hydrogens (tertiary/aromatic N) is 4. The van der Waals surface area contributed by atoms with Gasteiger partial charge in [0.05, 0.1) is 19.7 Å². The molecule has 1 fully saturated rings. The van der Waals surface area contributed by atoms with Gasteiger partial charge in [-0.15, -0.1) is 0 Å². The van der Waals surface area contributed by atoms with Gasteiger partial charge in [0, 0.05) is 38.1 Å². The zero-order valence-corrected chi connectivity index (χ0v) is 18.8. The predicted octanol–water partition coefficient (Wildman–Crippen LogP) is 3.05. The Balaban J connectivity index is 1.64. The molecule has 3 rings (SSSR count). The molecule has 0 amide bonds. The third-order valence-electron chi connectivity index (χ3n) is 5.54. The summed E-state index contributed by atoms with van der Waals surface area (Å²) in [6.45, 7) is 9.03. The van der Waals surface area contributed by atoms with Crippen molar-refractivity contribution in [2.24, 2.45) is 10.9 Å². The molecule has 7 nitrogen and oxygen atoms in total. The van der Waals surface area contributed by atoms with E-state index in [0.717, 1.165) is 43.7 Å². The van der Waals surface area contributed by atoms with Crippen LogP contribution in [0.5, 0.6) is 5.75 Å². The van der Waals surface area contributed by atoms with E-state index in [1.54, 1.807) is 7.11 Å². The number of rotatable bonds is 9. The highest BCUT2D eigenvalue weighted by Crippen LogP contribution is 2.31. The molecule has 7 heteroatoms. The number of imidazole rings is 1. The third kappa shape index (κ3) is 5.75. The molecule has 30 heavy (non-hydrogen) atoms. The zero-order valence-electron chi connectivity index (χ0n) is 18.8. The lowest BCUT2D eigenvalue weighted by atomic mass is 10.0. The number of benzene rings is 1. The van der Waals surface area contributed by atoms with Gasteiger partial charge in [0.25, 0.3) is 0 Å². The first-order valence-corrected chi connectivity index (χ1v) is 10.9. The second-order valence-corrected chi connectivity index (χ2v) is 8.20. The highest BCUT2D eigenvalue weighted by atomic mass is 16.5. The standard InChI is InChI=1S/C23H36N6O/c1-18(2)17-29-14-11-25-22(29)16-27-23(24-3)26-15-20(28-12-7-8-13-28)19-9-5-6-10-21(19)30-4/h5-6,9-11,14,18,20H,7-8,12-13,15-17H2,1-4H3,(H2,24,26,27). The van der Waals surface area contributed by atoms with Crippen molar-refractivity contribution >= 4 is 5.96 Å². The maximum absolute atomic E-state index is 5.65. The van der Waals surface area contributed by atoms with Crippen LogP contribution in [0.1, 0.15) is 44.1 Å². The summed E-state index contributed by atoms with van der Waals surface area (Å²) >= 11 is 0. The fraction of sp³-hybridized carbons (Fsp3) is 0.565. The molecular weight excluding hydrogens is 376 g/mol. The van der Waals surface area contributed by atoms with Crippen LogP contribution in [0.4, 0.5) is 0 Å². The summed E-state index contributed by atoms with van der Waals surface area (Å²) in [7, 11) is 3.55. The molecule has 1 aromatic carbocycles. The smallest absolute Gasteiger partial charge is 0.191 e. The molecule has 164 valence electrons. The van der Waals surface area contributed by atoms with Crippen molar-refractivity contribution in [2.75, 3.05) is 33.8 Å². The van der Waals surface area contributed by atoms with Crippen LogP contribution in [-0.2, 0) is 13.1 Å². The molecule has 2 aromatic rings. The van der Waals surface area contributed by atoms with Crippen LogP contribution in [0, 0.1) is 5.92 Å². The summed E-state index contributed by atoms with van der Waals surface area (Å²) in [4.78, 5) is 11.5. The van der Waals surface area contributed by atoms with Crippen molar-refractivity contribution in [3.05, 3.63) is 48.0 Å². The topological polar surface area (TPSA) is 66.7 Å². The molecule has 2 N–H and O–H groups in total. The predicted molar refractivity (Wildman–Crippen MR) is 122 cm³/mol. The van der Waals surface area contributed by atoms with E-state index in [0.29, 0.717) is 12.5 Å². The Bertz CT molecular complexity index is 810. The normalized spacial score (nSPS) is 16.1. The highest BCUT2D eigenvalue weighted by Gasteiger charge is 2.26. The van der Waals surface area contributed by atoms with Crippen LogP contribution in [0.3, 0.4) is 0 Å². The van der Waals surface area contributed by atoms with Gasteiger partial charge in [-0.05, 0) is 37.9 Å². The molecule has 0 saturated carbocycles. The first kappa shape index (κ1) is 22.2. The third-order valence-corrected chi connectivity index (χ3v) is 5.54. The van der Waals surface area contributed by atoms with Crippen molar-refractivity contribution in [3.8, 4) is 5.75 Å². The van der Waals surface area contributed by atoms with Crippen molar-refractivity contribution < 1.29 is 4.74 Å². The molecule has 0 bridgehead atoms. The van der Waals surface area contributed by atoms with E-state index in [-0.39, 0.29) is 6.04 Å². The van der Waals surface area contributed by atoms with Gasteiger partial charge in [0.1, 0.15) is 11.6 Å². The molecule has 1 aliphatic rings. The molecule has 1 unspecified atom stereocenters. The molecule has 1 saturated heterocycles. The molecule has 1 aromatic heterocycles. The van der Waals surface area contributed by atoms with Crippen molar-refractivity contribution in [3.63, 3.8) is 0 Å². The largest absolute Gasteiger partial charge is 0.496 e. The fourth-order valence-corrected chi connectivity index (χ4v) is 4.07. The number of nitrogens with one attached hydrogen (secondary N) is 2. The lowest BCUT2D eigenvalue weighted by Crippen LogP contribution is -2.42. The molecular formula is C23H36N6O. The van der Waals surface area contributed by atoms with E-state index in [4.69, 9.17) is 4.74 Å². The molecule has 0 aliphatic carbocycles. The van der Waals surface area contributed by atoms with E-state index in [1.807, 2.05) is 31.6 Å². The van der Waals surface area contributed by atoms with Crippen LogP contribution in [-0.4, -0.2) is 54.2 Å². The van der Waals surface area contributed by atoms with Crippen LogP contribution in [0.25, 0.3) is 0 Å². The van der Waals surface area contributed by atoms with Crippen molar-refractivity contribution in [2.45, 2.75) is 45.8 Å². The van der Waals surface area contributed by atoms with Gasteiger partial charge in [-0.2, -0.15) is 0 Å². The Labute approximate surface area is 180 Å². The molecule has 1 atom stereocenters. The summed E-state index contributed by atoms with van der Waals surface area (Å²) < 4.78 is 7.85. The summed E-state index contributed by atoms with van der Waals surface area (Å²) in [6, 6.07) is 8.56. The van der Waals surface area contributed by atoms with E-state index < -0.39 is 0 Å². The minimum atomic E-state index is 0.241. The first-order valence-electron chi connectivity index (χ1n) is 10.9. The Morgan fingerprint density at radius 2 is 1.97 bits per heavy atom. The van der Waals surface area contributed by atoms with Gasteiger partial charge < -0.3 is 19.9 Å². The SMILES string of the molecule is CN=C(NCc1nccn1CC(C)C)NCC(c1ccccc1OC)N1CCCC1. The van der Waals surface area contributed by atoms with Crippen LogP contribution in [0.2, 0.25) is 0 Å². The first-order chi connectivity index (χ1) is 14.6. The van der Waals surface area contributed by atoms with Crippen LogP contribution < -0.4 is 15.4 Å². The van der Waals surface area contributed by atoms with Crippen LogP contribution >= 0.6 is 0 Å². The highest BCUT2D eigenvalue weighted by molar-refractivity contribution is 5.79. The van der Waals surface area contributed by atoms with Gasteiger partial charge in [-0.25, -0.2) is 4.98 Å². The number of aliphatic imine (C=N–C) groups is 1. The van der Waals surface area contributed by atoms with E-state index in [9.17, 15) is 0 Å². The minimum Gasteiger partial charge on any atom is -0.496 e. The Kier molecular flexibility index (Phi) is 8.13. The number of aromatic nitrogens is 2. The number of para-hydroxylation sites is 1. The fourth-order valence-electron chi connectivity index (χ4n) is 4.07. The number of hydrogen-bond donors (Lipinski definition) is 2. The number of ether oxygens (including phenoxy) is 1.